The number of hydrogen-bond donors (Lipinski definition) is 0. The third kappa shape index (κ3) is 4.34. The number of morpholine rings is 1. The molecule has 0 N–H and O–H groups in total. The first-order chi connectivity index (χ1) is 11.2. The highest BCUT2D eigenvalue weighted by Crippen LogP contribution is 2.21. The number of benzene rings is 1. The van der Waals surface area contributed by atoms with Gasteiger partial charge in [0.05, 0.1) is 19.8 Å². The molecule has 2 saturated heterocycles. The van der Waals surface area contributed by atoms with Crippen molar-refractivity contribution in [2.75, 3.05) is 46.0 Å². The van der Waals surface area contributed by atoms with Crippen LogP contribution in [-0.4, -0.2) is 61.8 Å². The van der Waals surface area contributed by atoms with Crippen molar-refractivity contribution in [3.8, 4) is 5.75 Å². The maximum atomic E-state index is 12.8. The number of urea groups is 1. The van der Waals surface area contributed by atoms with Gasteiger partial charge in [0.2, 0.25) is 0 Å². The van der Waals surface area contributed by atoms with Crippen LogP contribution in [0, 0.1) is 11.7 Å². The molecule has 0 bridgehead atoms. The van der Waals surface area contributed by atoms with Gasteiger partial charge in [0.15, 0.2) is 0 Å². The summed E-state index contributed by atoms with van der Waals surface area (Å²) in [5.74, 6) is 0.874. The van der Waals surface area contributed by atoms with Gasteiger partial charge in [0.25, 0.3) is 0 Å². The molecular weight excluding hydrogens is 299 g/mol. The average molecular weight is 322 g/mol. The molecule has 5 nitrogen and oxygen atoms in total. The number of amides is 2. The number of hydrogen-bond acceptors (Lipinski definition) is 3. The smallest absolute Gasteiger partial charge is 0.320 e. The third-order valence-corrected chi connectivity index (χ3v) is 4.47. The molecule has 0 aliphatic carbocycles. The predicted octanol–water partition coefficient (Wildman–Crippen LogP) is 2.37. The van der Waals surface area contributed by atoms with E-state index < -0.39 is 0 Å². The minimum atomic E-state index is -0.257. The molecule has 1 aromatic carbocycles. The van der Waals surface area contributed by atoms with Crippen molar-refractivity contribution in [2.45, 2.75) is 12.8 Å². The van der Waals surface area contributed by atoms with Gasteiger partial charge in [-0.2, -0.15) is 0 Å². The van der Waals surface area contributed by atoms with E-state index in [1.807, 2.05) is 9.80 Å². The van der Waals surface area contributed by atoms with E-state index in [4.69, 9.17) is 9.47 Å². The van der Waals surface area contributed by atoms with Gasteiger partial charge in [-0.15, -0.1) is 0 Å². The summed E-state index contributed by atoms with van der Waals surface area (Å²) in [4.78, 5) is 16.2. The molecule has 2 amide bonds. The summed E-state index contributed by atoms with van der Waals surface area (Å²) in [7, 11) is 0. The number of nitrogens with zero attached hydrogens (tertiary/aromatic N) is 2. The second-order valence-electron chi connectivity index (χ2n) is 6.08. The number of carbonyl (C=O) groups excluding carboxylic acids is 1. The summed E-state index contributed by atoms with van der Waals surface area (Å²) in [6.07, 6.45) is 1.88. The monoisotopic (exact) mass is 322 g/mol. The molecule has 0 unspecified atom stereocenters. The Morgan fingerprint density at radius 1 is 1.09 bits per heavy atom. The lowest BCUT2D eigenvalue weighted by atomic mass is 9.98. The second-order valence-corrected chi connectivity index (χ2v) is 6.08. The van der Waals surface area contributed by atoms with Crippen LogP contribution in [0.5, 0.6) is 5.75 Å². The van der Waals surface area contributed by atoms with Crippen molar-refractivity contribution in [3.05, 3.63) is 30.1 Å². The fourth-order valence-electron chi connectivity index (χ4n) is 2.99. The summed E-state index contributed by atoms with van der Waals surface area (Å²) in [6, 6.07) is 6.22. The van der Waals surface area contributed by atoms with E-state index in [-0.39, 0.29) is 11.8 Å². The van der Waals surface area contributed by atoms with Crippen LogP contribution in [0.25, 0.3) is 0 Å². The van der Waals surface area contributed by atoms with Crippen LogP contribution >= 0.6 is 0 Å². The Kier molecular flexibility index (Phi) is 5.33. The maximum absolute atomic E-state index is 12.8. The molecule has 0 aromatic heterocycles. The summed E-state index contributed by atoms with van der Waals surface area (Å²) in [5, 5.41) is 0. The number of likely N-dealkylation sites (tertiary alicyclic amines) is 1. The zero-order valence-electron chi connectivity index (χ0n) is 13.2. The number of carbonyl (C=O) groups is 1. The Morgan fingerprint density at radius 2 is 1.70 bits per heavy atom. The van der Waals surface area contributed by atoms with Crippen molar-refractivity contribution >= 4 is 6.03 Å². The van der Waals surface area contributed by atoms with E-state index in [1.54, 1.807) is 12.1 Å². The van der Waals surface area contributed by atoms with Gasteiger partial charge in [0, 0.05) is 26.2 Å². The summed E-state index contributed by atoms with van der Waals surface area (Å²) < 4.78 is 23.8. The highest BCUT2D eigenvalue weighted by Gasteiger charge is 2.27. The number of halogens is 1. The summed E-state index contributed by atoms with van der Waals surface area (Å²) in [5.41, 5.74) is 0. The van der Waals surface area contributed by atoms with E-state index in [0.717, 1.165) is 25.9 Å². The van der Waals surface area contributed by atoms with Crippen molar-refractivity contribution in [3.63, 3.8) is 0 Å². The van der Waals surface area contributed by atoms with Gasteiger partial charge in [-0.3, -0.25) is 0 Å². The van der Waals surface area contributed by atoms with Gasteiger partial charge in [-0.25, -0.2) is 9.18 Å². The van der Waals surface area contributed by atoms with Gasteiger partial charge < -0.3 is 19.3 Å². The quantitative estimate of drug-likeness (QED) is 0.858. The largest absolute Gasteiger partial charge is 0.493 e. The van der Waals surface area contributed by atoms with E-state index in [9.17, 15) is 9.18 Å². The number of piperidine rings is 1. The highest BCUT2D eigenvalue weighted by atomic mass is 19.1. The van der Waals surface area contributed by atoms with Gasteiger partial charge >= 0.3 is 6.03 Å². The van der Waals surface area contributed by atoms with E-state index >= 15 is 0 Å². The maximum Gasteiger partial charge on any atom is 0.320 e. The van der Waals surface area contributed by atoms with E-state index in [1.165, 1.54) is 12.1 Å². The highest BCUT2D eigenvalue weighted by molar-refractivity contribution is 5.74. The van der Waals surface area contributed by atoms with Crippen LogP contribution in [0.2, 0.25) is 0 Å². The Morgan fingerprint density at radius 3 is 2.35 bits per heavy atom. The molecule has 0 spiro atoms. The molecule has 2 aliphatic heterocycles. The Labute approximate surface area is 136 Å². The molecule has 126 valence electrons. The summed E-state index contributed by atoms with van der Waals surface area (Å²) >= 11 is 0. The standard InChI is InChI=1S/C17H23FN2O3/c18-15-1-3-16(4-2-15)23-13-14-5-7-19(8-6-14)17(21)20-9-11-22-12-10-20/h1-4,14H,5-13H2. The van der Waals surface area contributed by atoms with Gasteiger partial charge in [-0.05, 0) is 43.0 Å². The average Bonchev–Trinajstić information content (AvgIpc) is 2.62. The molecular formula is C17H23FN2O3. The molecule has 2 heterocycles. The van der Waals surface area contributed by atoms with Crippen LogP contribution in [0.1, 0.15) is 12.8 Å². The molecule has 2 aliphatic rings. The van der Waals surface area contributed by atoms with E-state index in [0.29, 0.717) is 44.6 Å². The summed E-state index contributed by atoms with van der Waals surface area (Å²) in [6.45, 7) is 4.80. The molecule has 0 radical (unpaired) electrons. The number of rotatable bonds is 3. The normalized spacial score (nSPS) is 19.7. The van der Waals surface area contributed by atoms with Crippen molar-refractivity contribution in [2.24, 2.45) is 5.92 Å². The SMILES string of the molecule is O=C(N1CCOCC1)N1CCC(COc2ccc(F)cc2)CC1. The first-order valence-corrected chi connectivity index (χ1v) is 8.22. The minimum Gasteiger partial charge on any atom is -0.493 e. The lowest BCUT2D eigenvalue weighted by Crippen LogP contribution is -2.50. The fourth-order valence-corrected chi connectivity index (χ4v) is 2.99. The molecule has 0 saturated carbocycles. The molecule has 1 aromatic rings. The molecule has 23 heavy (non-hydrogen) atoms. The van der Waals surface area contributed by atoms with Crippen LogP contribution in [0.3, 0.4) is 0 Å². The van der Waals surface area contributed by atoms with Crippen LogP contribution < -0.4 is 4.74 Å². The fraction of sp³-hybridized carbons (Fsp3) is 0.588. The lowest BCUT2D eigenvalue weighted by Gasteiger charge is -2.37. The Hall–Kier alpha value is -1.82. The van der Waals surface area contributed by atoms with Crippen molar-refractivity contribution in [1.29, 1.82) is 0 Å². The molecule has 0 atom stereocenters. The first kappa shape index (κ1) is 16.1. The third-order valence-electron chi connectivity index (χ3n) is 4.47. The molecule has 2 fully saturated rings. The Balaban J connectivity index is 1.41. The predicted molar refractivity (Wildman–Crippen MR) is 84.0 cm³/mol. The first-order valence-electron chi connectivity index (χ1n) is 8.22. The number of ether oxygens (including phenoxy) is 2. The van der Waals surface area contributed by atoms with Crippen LogP contribution in [0.15, 0.2) is 24.3 Å². The van der Waals surface area contributed by atoms with Gasteiger partial charge in [0.1, 0.15) is 11.6 Å². The minimum absolute atomic E-state index is 0.131. The topological polar surface area (TPSA) is 42.0 Å². The second kappa shape index (κ2) is 7.64. The molecule has 3 rings (SSSR count). The van der Waals surface area contributed by atoms with Crippen molar-refractivity contribution < 1.29 is 18.7 Å². The van der Waals surface area contributed by atoms with Crippen LogP contribution in [-0.2, 0) is 4.74 Å². The Bertz CT molecular complexity index is 509. The van der Waals surface area contributed by atoms with E-state index in [2.05, 4.69) is 0 Å². The lowest BCUT2D eigenvalue weighted by molar-refractivity contribution is 0.0389. The van der Waals surface area contributed by atoms with Crippen molar-refractivity contribution in [1.82, 2.24) is 9.80 Å². The zero-order chi connectivity index (χ0) is 16.1. The van der Waals surface area contributed by atoms with Gasteiger partial charge in [-0.1, -0.05) is 0 Å². The zero-order valence-corrected chi connectivity index (χ0v) is 13.2. The molecule has 6 heteroatoms. The van der Waals surface area contributed by atoms with Crippen LogP contribution in [0.4, 0.5) is 9.18 Å².